The van der Waals surface area contributed by atoms with Gasteiger partial charge in [0.15, 0.2) is 0 Å². The normalized spacial score (nSPS) is 27.5. The minimum absolute atomic E-state index is 0.563. The molecule has 2 nitrogen and oxygen atoms in total. The Kier molecular flexibility index (Phi) is 6.88. The second kappa shape index (κ2) is 8.44. The van der Waals surface area contributed by atoms with Gasteiger partial charge in [-0.05, 0) is 68.9 Å². The molecule has 0 aliphatic carbocycles. The van der Waals surface area contributed by atoms with Crippen LogP contribution < -0.4 is 5.32 Å². The van der Waals surface area contributed by atoms with Crippen LogP contribution in [0, 0.1) is 5.92 Å². The van der Waals surface area contributed by atoms with Crippen LogP contribution in [0.2, 0.25) is 0 Å². The van der Waals surface area contributed by atoms with Crippen molar-refractivity contribution in [1.82, 2.24) is 5.32 Å². The zero-order chi connectivity index (χ0) is 12.6. The first kappa shape index (κ1) is 14.7. The highest BCUT2D eigenvalue weighted by Gasteiger charge is 2.21. The first-order valence-corrected chi connectivity index (χ1v) is 8.96. The van der Waals surface area contributed by atoms with Gasteiger partial charge >= 0.3 is 0 Å². The summed E-state index contributed by atoms with van der Waals surface area (Å²) in [7, 11) is 0. The molecule has 2 unspecified atom stereocenters. The summed E-state index contributed by atoms with van der Waals surface area (Å²) >= 11 is 2.13. The second-order valence-electron chi connectivity index (χ2n) is 5.76. The molecule has 0 radical (unpaired) electrons. The molecule has 1 N–H and O–H groups in total. The minimum atomic E-state index is 0.563. The lowest BCUT2D eigenvalue weighted by molar-refractivity contribution is 0.0985. The van der Waals surface area contributed by atoms with Crippen LogP contribution in [-0.2, 0) is 4.74 Å². The smallest absolute Gasteiger partial charge is 0.0576 e. The van der Waals surface area contributed by atoms with Crippen molar-refractivity contribution in [2.24, 2.45) is 5.92 Å². The molecule has 106 valence electrons. The van der Waals surface area contributed by atoms with Gasteiger partial charge in [0, 0.05) is 12.6 Å². The van der Waals surface area contributed by atoms with E-state index in [1.807, 2.05) is 0 Å². The fraction of sp³-hybridized carbons (Fsp3) is 1.00. The van der Waals surface area contributed by atoms with Gasteiger partial charge in [-0.25, -0.2) is 0 Å². The first-order valence-electron chi connectivity index (χ1n) is 7.81. The van der Waals surface area contributed by atoms with Crippen molar-refractivity contribution < 1.29 is 4.74 Å². The van der Waals surface area contributed by atoms with Crippen LogP contribution in [0.1, 0.15) is 51.9 Å². The van der Waals surface area contributed by atoms with E-state index in [0.29, 0.717) is 6.10 Å². The lowest BCUT2D eigenvalue weighted by Gasteiger charge is -2.27. The predicted molar refractivity (Wildman–Crippen MR) is 80.3 cm³/mol. The lowest BCUT2D eigenvalue weighted by atomic mass is 9.91. The van der Waals surface area contributed by atoms with Gasteiger partial charge in [-0.15, -0.1) is 0 Å². The van der Waals surface area contributed by atoms with Crippen molar-refractivity contribution in [3.05, 3.63) is 0 Å². The third-order valence-corrected chi connectivity index (χ3v) is 5.36. The summed E-state index contributed by atoms with van der Waals surface area (Å²) in [6.45, 7) is 4.34. The largest absolute Gasteiger partial charge is 0.378 e. The first-order chi connectivity index (χ1) is 8.88. The van der Waals surface area contributed by atoms with Crippen LogP contribution in [0.4, 0.5) is 0 Å². The molecular formula is C15H29NOS. The summed E-state index contributed by atoms with van der Waals surface area (Å²) in [5.74, 6) is 3.74. The van der Waals surface area contributed by atoms with E-state index in [1.54, 1.807) is 0 Å². The van der Waals surface area contributed by atoms with Gasteiger partial charge in [-0.3, -0.25) is 0 Å². The van der Waals surface area contributed by atoms with Crippen LogP contribution >= 0.6 is 11.8 Å². The van der Waals surface area contributed by atoms with Crippen molar-refractivity contribution in [1.29, 1.82) is 0 Å². The van der Waals surface area contributed by atoms with Crippen molar-refractivity contribution >= 4 is 11.8 Å². The molecular weight excluding hydrogens is 242 g/mol. The molecule has 0 saturated carbocycles. The molecule has 2 aliphatic heterocycles. The third kappa shape index (κ3) is 5.10. The van der Waals surface area contributed by atoms with Gasteiger partial charge in [0.1, 0.15) is 0 Å². The van der Waals surface area contributed by atoms with Gasteiger partial charge in [0.05, 0.1) is 6.10 Å². The summed E-state index contributed by atoms with van der Waals surface area (Å²) in [5, 5.41) is 3.69. The number of hydrogen-bond donors (Lipinski definition) is 1. The molecule has 2 heterocycles. The van der Waals surface area contributed by atoms with E-state index < -0.39 is 0 Å². The monoisotopic (exact) mass is 271 g/mol. The Morgan fingerprint density at radius 3 is 2.78 bits per heavy atom. The van der Waals surface area contributed by atoms with E-state index in [4.69, 9.17) is 4.74 Å². The van der Waals surface area contributed by atoms with Crippen molar-refractivity contribution in [3.63, 3.8) is 0 Å². The molecule has 2 aliphatic rings. The lowest BCUT2D eigenvalue weighted by Crippen LogP contribution is -2.32. The highest BCUT2D eigenvalue weighted by Crippen LogP contribution is 2.28. The predicted octanol–water partition coefficient (Wildman–Crippen LogP) is 3.46. The number of ether oxygens (including phenoxy) is 1. The van der Waals surface area contributed by atoms with E-state index in [0.717, 1.165) is 25.1 Å². The number of nitrogens with one attached hydrogen (secondary N) is 1. The molecule has 2 fully saturated rings. The van der Waals surface area contributed by atoms with Crippen LogP contribution in [0.25, 0.3) is 0 Å². The highest BCUT2D eigenvalue weighted by molar-refractivity contribution is 7.99. The van der Waals surface area contributed by atoms with Gasteiger partial charge in [0.25, 0.3) is 0 Å². The molecule has 0 bridgehead atoms. The zero-order valence-corrected chi connectivity index (χ0v) is 12.6. The fourth-order valence-electron chi connectivity index (χ4n) is 3.24. The van der Waals surface area contributed by atoms with Crippen LogP contribution in [0.5, 0.6) is 0 Å². The van der Waals surface area contributed by atoms with Gasteiger partial charge < -0.3 is 10.1 Å². The SMILES string of the molecule is CCNC(CCC1CCCO1)CC1CCSCC1. The topological polar surface area (TPSA) is 21.3 Å². The maximum absolute atomic E-state index is 5.74. The van der Waals surface area contributed by atoms with Gasteiger partial charge in [0.2, 0.25) is 0 Å². The van der Waals surface area contributed by atoms with Gasteiger partial charge in [-0.1, -0.05) is 6.92 Å². The molecule has 0 aromatic rings. The van der Waals surface area contributed by atoms with E-state index in [1.165, 1.54) is 56.5 Å². The standard InChI is InChI=1S/C15H29NOS/c1-2-16-14(5-6-15-4-3-9-17-15)12-13-7-10-18-11-8-13/h13-16H,2-12H2,1H3. The molecule has 0 amide bonds. The summed E-state index contributed by atoms with van der Waals surface area (Å²) < 4.78 is 5.74. The average Bonchev–Trinajstić information content (AvgIpc) is 2.91. The Balaban J connectivity index is 1.68. The number of rotatable bonds is 7. The average molecular weight is 271 g/mol. The Bertz CT molecular complexity index is 213. The van der Waals surface area contributed by atoms with E-state index >= 15 is 0 Å². The summed E-state index contributed by atoms with van der Waals surface area (Å²) in [5.41, 5.74) is 0. The number of thioether (sulfide) groups is 1. The minimum Gasteiger partial charge on any atom is -0.378 e. The van der Waals surface area contributed by atoms with Crippen LogP contribution in [0.3, 0.4) is 0 Å². The quantitative estimate of drug-likeness (QED) is 0.766. The molecule has 0 aromatic heterocycles. The molecule has 3 heteroatoms. The molecule has 2 rings (SSSR count). The highest BCUT2D eigenvalue weighted by atomic mass is 32.2. The molecule has 18 heavy (non-hydrogen) atoms. The van der Waals surface area contributed by atoms with E-state index in [-0.39, 0.29) is 0 Å². The zero-order valence-electron chi connectivity index (χ0n) is 11.8. The van der Waals surface area contributed by atoms with E-state index in [9.17, 15) is 0 Å². The molecule has 2 saturated heterocycles. The third-order valence-electron chi connectivity index (χ3n) is 4.31. The van der Waals surface area contributed by atoms with E-state index in [2.05, 4.69) is 24.0 Å². The Morgan fingerprint density at radius 1 is 1.28 bits per heavy atom. The Morgan fingerprint density at radius 2 is 2.11 bits per heavy atom. The van der Waals surface area contributed by atoms with Gasteiger partial charge in [-0.2, -0.15) is 11.8 Å². The maximum atomic E-state index is 5.74. The summed E-state index contributed by atoms with van der Waals surface area (Å²) in [4.78, 5) is 0. The second-order valence-corrected chi connectivity index (χ2v) is 6.98. The van der Waals surface area contributed by atoms with Crippen molar-refractivity contribution in [2.45, 2.75) is 64.0 Å². The molecule has 2 atom stereocenters. The summed E-state index contributed by atoms with van der Waals surface area (Å²) in [6.07, 6.45) is 9.96. The van der Waals surface area contributed by atoms with Crippen molar-refractivity contribution in [2.75, 3.05) is 24.7 Å². The van der Waals surface area contributed by atoms with Crippen molar-refractivity contribution in [3.8, 4) is 0 Å². The summed E-state index contributed by atoms with van der Waals surface area (Å²) in [6, 6.07) is 0.729. The Labute approximate surface area is 117 Å². The van der Waals surface area contributed by atoms with Crippen LogP contribution in [-0.4, -0.2) is 36.8 Å². The molecule has 0 spiro atoms. The maximum Gasteiger partial charge on any atom is 0.0576 e. The fourth-order valence-corrected chi connectivity index (χ4v) is 4.44. The molecule has 0 aromatic carbocycles. The van der Waals surface area contributed by atoms with Crippen LogP contribution in [0.15, 0.2) is 0 Å². The number of hydrogen-bond acceptors (Lipinski definition) is 3. The Hall–Kier alpha value is 0.270.